The molecule has 0 spiro atoms. The van der Waals surface area contributed by atoms with Crippen molar-refractivity contribution in [2.45, 2.75) is 49.4 Å². The Bertz CT molecular complexity index is 2680. The molecule has 6 aromatic rings. The van der Waals surface area contributed by atoms with E-state index >= 15 is 0 Å². The van der Waals surface area contributed by atoms with E-state index in [1.807, 2.05) is 152 Å². The van der Waals surface area contributed by atoms with Gasteiger partial charge in [0.25, 0.3) is 11.8 Å². The van der Waals surface area contributed by atoms with Crippen LogP contribution < -0.4 is 10.6 Å². The molecule has 15 heteroatoms. The minimum Gasteiger partial charge on any atom is -0.454 e. The molecule has 2 aliphatic rings. The number of benzene rings is 5. The lowest BCUT2D eigenvalue weighted by molar-refractivity contribution is -0.154. The maximum atomic E-state index is 14.5. The first-order valence-corrected chi connectivity index (χ1v) is 23.8. The second-order valence-electron chi connectivity index (χ2n) is 16.5. The molecule has 2 aliphatic heterocycles. The van der Waals surface area contributed by atoms with Gasteiger partial charge >= 0.3 is 11.9 Å². The number of thiazole rings is 1. The van der Waals surface area contributed by atoms with E-state index in [0.717, 1.165) is 27.8 Å². The van der Waals surface area contributed by atoms with Gasteiger partial charge in [-0.3, -0.25) is 14.5 Å². The molecule has 0 bridgehead atoms. The zero-order valence-corrected chi connectivity index (χ0v) is 39.1. The molecule has 2 amide bonds. The van der Waals surface area contributed by atoms with Crippen molar-refractivity contribution < 1.29 is 33.5 Å². The van der Waals surface area contributed by atoms with E-state index in [9.17, 15) is 19.2 Å². The van der Waals surface area contributed by atoms with Gasteiger partial charge in [-0.15, -0.1) is 34.7 Å². The van der Waals surface area contributed by atoms with Gasteiger partial charge in [0.1, 0.15) is 33.9 Å². The summed E-state index contributed by atoms with van der Waals surface area (Å²) in [5.74, 6) is -3.23. The summed E-state index contributed by atoms with van der Waals surface area (Å²) in [6.45, 7) is 8.75. The molecule has 8 rings (SSSR count). The van der Waals surface area contributed by atoms with E-state index < -0.39 is 58.2 Å². The number of rotatable bonds is 16. The third-order valence-corrected chi connectivity index (χ3v) is 13.3. The third kappa shape index (κ3) is 10.1. The maximum absolute atomic E-state index is 14.5. The third-order valence-electron chi connectivity index (χ3n) is 10.9. The first-order valence-electron chi connectivity index (χ1n) is 21.3. The van der Waals surface area contributed by atoms with Gasteiger partial charge in [-0.25, -0.2) is 14.6 Å². The van der Waals surface area contributed by atoms with Crippen molar-refractivity contribution in [2.24, 2.45) is 5.16 Å². The summed E-state index contributed by atoms with van der Waals surface area (Å²) in [6.07, 6.45) is -0.774. The normalized spacial score (nSPS) is 16.1. The zero-order chi connectivity index (χ0) is 47.1. The fourth-order valence-electron chi connectivity index (χ4n) is 7.79. The van der Waals surface area contributed by atoms with Crippen LogP contribution in [0.4, 0.5) is 5.13 Å². The highest BCUT2D eigenvalue weighted by molar-refractivity contribution is 8.00. The number of carbonyl (C=O) groups excluding carboxylic acids is 4. The Morgan fingerprint density at radius 2 is 1.33 bits per heavy atom. The molecule has 0 aliphatic carbocycles. The zero-order valence-electron chi connectivity index (χ0n) is 36.8. The molecule has 67 heavy (non-hydrogen) atoms. The monoisotopic (exact) mass is 951 g/mol. The predicted octanol–water partition coefficient (Wildman–Crippen LogP) is 9.35. The average molecular weight is 953 g/mol. The number of esters is 2. The Kier molecular flexibility index (Phi) is 14.1. The molecule has 1 saturated heterocycles. The molecular formula is C52H46ClN5O7S2. The number of hydrogen-bond donors (Lipinski definition) is 2. The summed E-state index contributed by atoms with van der Waals surface area (Å²) in [4.78, 5) is 67.5. The molecule has 1 unspecified atom stereocenters. The molecule has 1 aromatic heterocycles. The summed E-state index contributed by atoms with van der Waals surface area (Å²) in [7, 11) is 0. The van der Waals surface area contributed by atoms with E-state index in [0.29, 0.717) is 16.5 Å². The van der Waals surface area contributed by atoms with Crippen LogP contribution in [-0.4, -0.2) is 68.0 Å². The first-order chi connectivity index (χ1) is 32.4. The largest absolute Gasteiger partial charge is 0.454 e. The van der Waals surface area contributed by atoms with Gasteiger partial charge in [0.05, 0.1) is 0 Å². The standard InChI is InChI=1S/C52H46ClN5O7S2/c1-33(48(61)64-51(2,3)4)65-57-41(40-32-67-50(54-40)56-52(37-24-14-7-15-25-37,38-26-16-8-17-27-38)39-28-18-9-19-29-39)45(59)55-42-46(60)58-43(36(30-53)31-66-47(42)58)49(62)63-44(34-20-10-5-11-21-34)35-22-12-6-13-23-35/h5-29,32,42,44,47H,1,30-31H2,2-4H3,(H,54,56)(H,55,59)/b57-41-/t42?,47-/m1/s1. The van der Waals surface area contributed by atoms with Gasteiger partial charge in [-0.05, 0) is 60.7 Å². The van der Waals surface area contributed by atoms with Crippen molar-refractivity contribution in [3.63, 3.8) is 0 Å². The van der Waals surface area contributed by atoms with E-state index in [1.54, 1.807) is 26.2 Å². The number of oxime groups is 1. The number of carbonyl (C=O) groups is 4. The Labute approximate surface area is 401 Å². The molecule has 2 N–H and O–H groups in total. The fraction of sp³-hybridized carbons (Fsp3) is 0.192. The highest BCUT2D eigenvalue weighted by Crippen LogP contribution is 2.43. The van der Waals surface area contributed by atoms with E-state index in [2.05, 4.69) is 22.4 Å². The van der Waals surface area contributed by atoms with E-state index in [4.69, 9.17) is 30.9 Å². The molecule has 12 nitrogen and oxygen atoms in total. The SMILES string of the molecule is C=C(O/N=C(\C(=O)NC1C(=O)N2C(C(=O)OC(c3ccccc3)c3ccccc3)=C(CCl)CS[C@H]12)c1csc(NC(c2ccccc2)(c2ccccc2)c2ccccc2)n1)C(=O)OC(C)(C)C. The van der Waals surface area contributed by atoms with Crippen molar-refractivity contribution >= 4 is 69.3 Å². The van der Waals surface area contributed by atoms with Gasteiger partial charge in [0.2, 0.25) is 5.76 Å². The Morgan fingerprint density at radius 1 is 0.821 bits per heavy atom. The number of thioether (sulfide) groups is 1. The van der Waals surface area contributed by atoms with Crippen molar-refractivity contribution in [3.05, 3.63) is 214 Å². The lowest BCUT2D eigenvalue weighted by Crippen LogP contribution is -2.71. The lowest BCUT2D eigenvalue weighted by atomic mass is 9.77. The summed E-state index contributed by atoms with van der Waals surface area (Å²) in [5.41, 5.74) is 2.72. The average Bonchev–Trinajstić information content (AvgIpc) is 3.82. The van der Waals surface area contributed by atoms with Crippen molar-refractivity contribution in [2.75, 3.05) is 16.9 Å². The summed E-state index contributed by atoms with van der Waals surface area (Å²) < 4.78 is 11.6. The van der Waals surface area contributed by atoms with Crippen LogP contribution in [-0.2, 0) is 39.0 Å². The van der Waals surface area contributed by atoms with Crippen molar-refractivity contribution in [1.29, 1.82) is 0 Å². The van der Waals surface area contributed by atoms with Crippen LogP contribution in [0.25, 0.3) is 0 Å². The number of ether oxygens (including phenoxy) is 2. The number of hydrogen-bond acceptors (Lipinski definition) is 12. The number of nitrogens with zero attached hydrogens (tertiary/aromatic N) is 3. The molecule has 340 valence electrons. The first kappa shape index (κ1) is 46.5. The minimum absolute atomic E-state index is 0.0255. The smallest absolute Gasteiger partial charge is 0.376 e. The minimum atomic E-state index is -1.10. The Hall–Kier alpha value is -7.00. The van der Waals surface area contributed by atoms with Crippen LogP contribution in [0.15, 0.2) is 186 Å². The molecule has 5 aromatic carbocycles. The summed E-state index contributed by atoms with van der Waals surface area (Å²) >= 11 is 8.96. The topological polar surface area (TPSA) is 149 Å². The molecular weight excluding hydrogens is 906 g/mol. The van der Waals surface area contributed by atoms with E-state index in [-0.39, 0.29) is 23.0 Å². The maximum Gasteiger partial charge on any atom is 0.376 e. The molecule has 3 heterocycles. The summed E-state index contributed by atoms with van der Waals surface area (Å²) in [6, 6.07) is 47.3. The van der Waals surface area contributed by atoms with Crippen LogP contribution in [0.5, 0.6) is 0 Å². The van der Waals surface area contributed by atoms with Crippen LogP contribution in [0.3, 0.4) is 0 Å². The Balaban J connectivity index is 1.09. The predicted molar refractivity (Wildman–Crippen MR) is 261 cm³/mol. The van der Waals surface area contributed by atoms with Crippen LogP contribution >= 0.6 is 34.7 Å². The lowest BCUT2D eigenvalue weighted by Gasteiger charge is -2.49. The number of halogens is 1. The fourth-order valence-corrected chi connectivity index (χ4v) is 10.2. The van der Waals surface area contributed by atoms with Gasteiger partial charge in [0, 0.05) is 17.0 Å². The summed E-state index contributed by atoms with van der Waals surface area (Å²) in [5, 5.41) is 12.0. The van der Waals surface area contributed by atoms with Gasteiger partial charge in [-0.2, -0.15) is 0 Å². The number of fused-ring (bicyclic) bond motifs is 1. The van der Waals surface area contributed by atoms with Crippen molar-refractivity contribution in [1.82, 2.24) is 15.2 Å². The number of β-lactam (4-membered cyclic amide) rings is 1. The van der Waals surface area contributed by atoms with E-state index in [1.165, 1.54) is 28.0 Å². The number of nitrogens with one attached hydrogen (secondary N) is 2. The highest BCUT2D eigenvalue weighted by atomic mass is 35.5. The van der Waals surface area contributed by atoms with Gasteiger partial charge < -0.3 is 24.9 Å². The van der Waals surface area contributed by atoms with Crippen LogP contribution in [0.1, 0.15) is 60.4 Å². The molecule has 1 fully saturated rings. The van der Waals surface area contributed by atoms with Crippen LogP contribution in [0, 0.1) is 0 Å². The number of amides is 2. The Morgan fingerprint density at radius 3 is 1.82 bits per heavy atom. The molecule has 2 atom stereocenters. The van der Waals surface area contributed by atoms with Crippen molar-refractivity contribution in [3.8, 4) is 0 Å². The molecule has 0 radical (unpaired) electrons. The second-order valence-corrected chi connectivity index (χ2v) is 18.8. The number of anilines is 1. The quantitative estimate of drug-likeness (QED) is 0.0141. The number of alkyl halides is 1. The number of aromatic nitrogens is 1. The molecule has 0 saturated carbocycles. The highest BCUT2D eigenvalue weighted by Gasteiger charge is 2.55. The van der Waals surface area contributed by atoms with Gasteiger partial charge in [-0.1, -0.05) is 157 Å². The van der Waals surface area contributed by atoms with Crippen LogP contribution in [0.2, 0.25) is 0 Å². The second kappa shape index (κ2) is 20.3. The van der Waals surface area contributed by atoms with Gasteiger partial charge in [0.15, 0.2) is 16.9 Å².